The molecule has 0 amide bonds. The molecule has 2 atom stereocenters. The molecule has 0 unspecified atom stereocenters. The van der Waals surface area contributed by atoms with Crippen molar-refractivity contribution in [3.05, 3.63) is 40.4 Å². The van der Waals surface area contributed by atoms with Crippen LogP contribution in [0.25, 0.3) is 5.57 Å². The summed E-state index contributed by atoms with van der Waals surface area (Å²) in [6.07, 6.45) is 3.78. The van der Waals surface area contributed by atoms with Crippen LogP contribution in [0.15, 0.2) is 34.8 Å². The van der Waals surface area contributed by atoms with Crippen molar-refractivity contribution in [2.24, 2.45) is 5.92 Å². The first kappa shape index (κ1) is 11.2. The molecule has 3 rings (SSSR count). The smallest absolute Gasteiger partial charge is 0.139 e. The Labute approximate surface area is 108 Å². The van der Waals surface area contributed by atoms with Gasteiger partial charge in [-0.2, -0.15) is 0 Å². The van der Waals surface area contributed by atoms with Crippen molar-refractivity contribution in [3.63, 3.8) is 0 Å². The number of hydrogen-bond acceptors (Lipinski definition) is 2. The molecule has 0 saturated heterocycles. The lowest BCUT2D eigenvalue weighted by Crippen LogP contribution is -2.32. The maximum atomic E-state index is 11.7. The van der Waals surface area contributed by atoms with Gasteiger partial charge in [0.2, 0.25) is 0 Å². The molecular weight excluding hydrogens is 280 g/mol. The second-order valence-corrected chi connectivity index (χ2v) is 5.72. The highest BCUT2D eigenvalue weighted by atomic mass is 79.9. The number of benzene rings is 1. The second kappa shape index (κ2) is 3.79. The molecular formula is C14H13BrO2. The van der Waals surface area contributed by atoms with Crippen LogP contribution in [0, 0.1) is 5.92 Å². The molecule has 88 valence electrons. The van der Waals surface area contributed by atoms with Gasteiger partial charge >= 0.3 is 0 Å². The summed E-state index contributed by atoms with van der Waals surface area (Å²) >= 11 is 3.40. The van der Waals surface area contributed by atoms with Crippen LogP contribution < -0.4 is 0 Å². The lowest BCUT2D eigenvalue weighted by Gasteiger charge is -2.26. The Bertz CT molecular complexity index is 503. The standard InChI is InChI=1S/C14H13BrO2/c15-10-3-1-9(2-4-10)11-5-6-12-13(16)7-8-14(11,12)17/h1-5,12,17H,6-8H2/t12-,14-/m1/s1. The second-order valence-electron chi connectivity index (χ2n) is 4.80. The van der Waals surface area contributed by atoms with E-state index in [1.54, 1.807) is 0 Å². The van der Waals surface area contributed by atoms with Crippen molar-refractivity contribution in [1.82, 2.24) is 0 Å². The molecule has 17 heavy (non-hydrogen) atoms. The number of carbonyl (C=O) groups excluding carboxylic acids is 1. The molecule has 0 aromatic heterocycles. The van der Waals surface area contributed by atoms with Gasteiger partial charge in [0.15, 0.2) is 0 Å². The van der Waals surface area contributed by atoms with Gasteiger partial charge in [0.25, 0.3) is 0 Å². The van der Waals surface area contributed by atoms with E-state index in [1.165, 1.54) is 0 Å². The molecule has 2 nitrogen and oxygen atoms in total. The van der Waals surface area contributed by atoms with Gasteiger partial charge in [-0.1, -0.05) is 34.1 Å². The quantitative estimate of drug-likeness (QED) is 0.864. The van der Waals surface area contributed by atoms with Crippen molar-refractivity contribution >= 4 is 27.3 Å². The van der Waals surface area contributed by atoms with Gasteiger partial charge in [0, 0.05) is 10.9 Å². The SMILES string of the molecule is O=C1CC[C@@]2(O)C(c3ccc(Br)cc3)=CC[C@H]12. The molecule has 1 saturated carbocycles. The Hall–Kier alpha value is -0.930. The minimum Gasteiger partial charge on any atom is -0.384 e. The molecule has 1 N–H and O–H groups in total. The number of halogens is 1. The van der Waals surface area contributed by atoms with Crippen LogP contribution in [-0.4, -0.2) is 16.5 Å². The highest BCUT2D eigenvalue weighted by Gasteiger charge is 2.51. The van der Waals surface area contributed by atoms with E-state index in [1.807, 2.05) is 30.3 Å². The summed E-state index contributed by atoms with van der Waals surface area (Å²) in [5.41, 5.74) is 1.04. The third-order valence-corrected chi connectivity index (χ3v) is 4.43. The average Bonchev–Trinajstić information content (AvgIpc) is 2.78. The Balaban J connectivity index is 2.00. The molecule has 1 fully saturated rings. The number of Topliss-reactive ketones (excluding diaryl/α,β-unsaturated/α-hetero) is 1. The Morgan fingerprint density at radius 1 is 1.29 bits per heavy atom. The van der Waals surface area contributed by atoms with Crippen molar-refractivity contribution in [3.8, 4) is 0 Å². The number of fused-ring (bicyclic) bond motifs is 1. The van der Waals surface area contributed by atoms with Crippen LogP contribution in [0.3, 0.4) is 0 Å². The van der Waals surface area contributed by atoms with E-state index >= 15 is 0 Å². The van der Waals surface area contributed by atoms with Gasteiger partial charge in [-0.3, -0.25) is 4.79 Å². The van der Waals surface area contributed by atoms with E-state index in [4.69, 9.17) is 0 Å². The molecule has 1 aromatic rings. The van der Waals surface area contributed by atoms with Gasteiger partial charge in [0.05, 0.1) is 5.92 Å². The Kier molecular flexibility index (Phi) is 2.49. The molecule has 2 aliphatic rings. The fourth-order valence-electron chi connectivity index (χ4n) is 2.99. The topological polar surface area (TPSA) is 37.3 Å². The number of hydrogen-bond donors (Lipinski definition) is 1. The summed E-state index contributed by atoms with van der Waals surface area (Å²) in [7, 11) is 0. The fraction of sp³-hybridized carbons (Fsp3) is 0.357. The highest BCUT2D eigenvalue weighted by Crippen LogP contribution is 2.49. The first-order valence-corrected chi connectivity index (χ1v) is 6.62. The van der Waals surface area contributed by atoms with E-state index in [-0.39, 0.29) is 11.7 Å². The van der Waals surface area contributed by atoms with Gasteiger partial charge in [-0.15, -0.1) is 0 Å². The average molecular weight is 293 g/mol. The maximum Gasteiger partial charge on any atom is 0.139 e. The van der Waals surface area contributed by atoms with Crippen LogP contribution >= 0.6 is 15.9 Å². The third-order valence-electron chi connectivity index (χ3n) is 3.90. The third kappa shape index (κ3) is 1.60. The minimum atomic E-state index is -0.912. The minimum absolute atomic E-state index is 0.205. The molecule has 1 aromatic carbocycles. The van der Waals surface area contributed by atoms with E-state index in [0.717, 1.165) is 15.6 Å². The van der Waals surface area contributed by atoms with Crippen LogP contribution in [0.1, 0.15) is 24.8 Å². The number of rotatable bonds is 1. The summed E-state index contributed by atoms with van der Waals surface area (Å²) in [6, 6.07) is 7.89. The van der Waals surface area contributed by atoms with Gasteiger partial charge in [-0.05, 0) is 36.1 Å². The lowest BCUT2D eigenvalue weighted by atomic mass is 9.85. The summed E-state index contributed by atoms with van der Waals surface area (Å²) in [4.78, 5) is 11.7. The predicted octanol–water partition coefficient (Wildman–Crippen LogP) is 2.95. The van der Waals surface area contributed by atoms with Crippen molar-refractivity contribution in [2.45, 2.75) is 24.9 Å². The molecule has 0 spiro atoms. The van der Waals surface area contributed by atoms with Crippen molar-refractivity contribution < 1.29 is 9.90 Å². The predicted molar refractivity (Wildman–Crippen MR) is 69.4 cm³/mol. The highest BCUT2D eigenvalue weighted by molar-refractivity contribution is 9.10. The Morgan fingerprint density at radius 2 is 2.00 bits per heavy atom. The molecule has 3 heteroatoms. The monoisotopic (exact) mass is 292 g/mol. The van der Waals surface area contributed by atoms with E-state index < -0.39 is 5.60 Å². The van der Waals surface area contributed by atoms with E-state index in [0.29, 0.717) is 19.3 Å². The zero-order chi connectivity index (χ0) is 12.0. The zero-order valence-electron chi connectivity index (χ0n) is 9.32. The molecule has 0 aliphatic heterocycles. The fourth-order valence-corrected chi connectivity index (χ4v) is 3.25. The zero-order valence-corrected chi connectivity index (χ0v) is 10.9. The summed E-state index contributed by atoms with van der Waals surface area (Å²) < 4.78 is 1.02. The molecule has 0 bridgehead atoms. The van der Waals surface area contributed by atoms with Crippen molar-refractivity contribution in [1.29, 1.82) is 0 Å². The lowest BCUT2D eigenvalue weighted by molar-refractivity contribution is -0.122. The van der Waals surface area contributed by atoms with Crippen LogP contribution in [-0.2, 0) is 4.79 Å². The van der Waals surface area contributed by atoms with E-state index in [9.17, 15) is 9.90 Å². The van der Waals surface area contributed by atoms with Crippen LogP contribution in [0.2, 0.25) is 0 Å². The van der Waals surface area contributed by atoms with E-state index in [2.05, 4.69) is 15.9 Å². The van der Waals surface area contributed by atoms with Crippen LogP contribution in [0.4, 0.5) is 0 Å². The largest absolute Gasteiger partial charge is 0.384 e. The normalized spacial score (nSPS) is 31.5. The van der Waals surface area contributed by atoms with Gasteiger partial charge < -0.3 is 5.11 Å². The summed E-state index contributed by atoms with van der Waals surface area (Å²) in [5.74, 6) is -0.00277. The maximum absolute atomic E-state index is 11.7. The molecule has 2 aliphatic carbocycles. The number of allylic oxidation sites excluding steroid dienone is 1. The summed E-state index contributed by atoms with van der Waals surface area (Å²) in [5, 5.41) is 10.7. The van der Waals surface area contributed by atoms with Gasteiger partial charge in [0.1, 0.15) is 11.4 Å². The Morgan fingerprint density at radius 3 is 2.71 bits per heavy atom. The van der Waals surface area contributed by atoms with Gasteiger partial charge in [-0.25, -0.2) is 0 Å². The number of ketones is 1. The molecule has 0 radical (unpaired) electrons. The number of aliphatic hydroxyl groups is 1. The van der Waals surface area contributed by atoms with Crippen molar-refractivity contribution in [2.75, 3.05) is 0 Å². The first-order valence-electron chi connectivity index (χ1n) is 5.83. The number of carbonyl (C=O) groups is 1. The van der Waals surface area contributed by atoms with Crippen LogP contribution in [0.5, 0.6) is 0 Å². The molecule has 0 heterocycles. The first-order chi connectivity index (χ1) is 8.11. The summed E-state index contributed by atoms with van der Waals surface area (Å²) in [6.45, 7) is 0.